The van der Waals surface area contributed by atoms with Gasteiger partial charge in [-0.15, -0.1) is 0 Å². The minimum atomic E-state index is -4.26. The topological polar surface area (TPSA) is 66.4 Å². The molecule has 0 N–H and O–H groups in total. The number of likely N-dealkylation sites (N-methyl/N-ethyl adjacent to an activating group) is 1. The smallest absolute Gasteiger partial charge is 0.303 e. The molecule has 5 heteroatoms. The van der Waals surface area contributed by atoms with Crippen molar-refractivity contribution in [2.75, 3.05) is 27.4 Å². The first-order valence-electron chi connectivity index (χ1n) is 9.37. The van der Waals surface area contributed by atoms with Crippen LogP contribution in [0.5, 0.6) is 0 Å². The molecule has 0 saturated heterocycles. The lowest BCUT2D eigenvalue weighted by Crippen LogP contribution is -2.45. The van der Waals surface area contributed by atoms with Crippen LogP contribution < -0.4 is 5.11 Å². The van der Waals surface area contributed by atoms with Crippen LogP contribution in [-0.4, -0.2) is 49.9 Å². The van der Waals surface area contributed by atoms with E-state index in [-0.39, 0.29) is 0 Å². The van der Waals surface area contributed by atoms with Crippen LogP contribution >= 0.6 is 0 Å². The van der Waals surface area contributed by atoms with Gasteiger partial charge in [0.25, 0.3) is 0 Å². The quantitative estimate of drug-likeness (QED) is 0.425. The Morgan fingerprint density at radius 1 is 1.64 bits per heavy atom. The van der Waals surface area contributed by atoms with Crippen molar-refractivity contribution in [2.45, 2.75) is 19.4 Å². The van der Waals surface area contributed by atoms with Crippen LogP contribution in [0.4, 0.5) is 0 Å². The first-order valence-corrected chi connectivity index (χ1v) is 3.37. The van der Waals surface area contributed by atoms with E-state index in [1.165, 1.54) is 0 Å². The molecule has 0 aromatic carbocycles. The van der Waals surface area contributed by atoms with Crippen LogP contribution in [0, 0.1) is 0 Å². The molecule has 0 radical (unpaired) electrons. The van der Waals surface area contributed by atoms with Crippen LogP contribution in [0.1, 0.15) is 29.8 Å². The van der Waals surface area contributed by atoms with Gasteiger partial charge >= 0.3 is 5.97 Å². The number of carbonyl (C=O) groups excluding carboxylic acids is 2. The highest BCUT2D eigenvalue weighted by Crippen LogP contribution is 2.04. The molecule has 0 spiro atoms. The summed E-state index contributed by atoms with van der Waals surface area (Å²) < 4.78 is 91.4. The van der Waals surface area contributed by atoms with Gasteiger partial charge in [0.15, 0.2) is 6.08 Å². The second-order valence-corrected chi connectivity index (χ2v) is 2.35. The molecule has 0 aromatic heterocycles. The number of esters is 1. The summed E-state index contributed by atoms with van der Waals surface area (Å²) in [6.07, 6.45) is -5.56. The van der Waals surface area contributed by atoms with E-state index in [4.69, 9.17) is 16.4 Å². The Hall–Kier alpha value is -1.10. The van der Waals surface area contributed by atoms with Gasteiger partial charge in [-0.2, -0.15) is 0 Å². The minimum Gasteiger partial charge on any atom is -0.550 e. The van der Waals surface area contributed by atoms with Crippen molar-refractivity contribution in [3.05, 3.63) is 0 Å². The lowest BCUT2D eigenvalue weighted by molar-refractivity contribution is -0.873. The summed E-state index contributed by atoms with van der Waals surface area (Å²) in [7, 11) is 0. The number of hydrogen-bond donors (Lipinski definition) is 0. The van der Waals surface area contributed by atoms with E-state index in [9.17, 15) is 14.7 Å². The van der Waals surface area contributed by atoms with E-state index in [1.54, 1.807) is 0 Å². The SMILES string of the molecule is [2H]C([2H])([2H])[N+](C([2H])([2H])[2H])(C([2H])([2H])[2H])C([2H])([2H])[C@@]([2H])(CC(=O)[O-])OC(C)=O. The molecule has 0 aromatic rings. The number of carboxylic acid groups (broad SMARTS) is 1. The summed E-state index contributed by atoms with van der Waals surface area (Å²) in [4.78, 5) is 22.1. The molecule has 0 heterocycles. The number of nitrogens with zero attached hydrogens (tertiary/aromatic N) is 1. The molecule has 0 aliphatic carbocycles. The van der Waals surface area contributed by atoms with Crippen LogP contribution in [-0.2, 0) is 14.3 Å². The maximum Gasteiger partial charge on any atom is 0.303 e. The Morgan fingerprint density at radius 3 is 2.57 bits per heavy atom. The highest BCUT2D eigenvalue weighted by atomic mass is 16.5. The maximum absolute atomic E-state index is 11.2. The van der Waals surface area contributed by atoms with Gasteiger partial charge < -0.3 is 19.1 Å². The Bertz CT molecular complexity index is 510. The van der Waals surface area contributed by atoms with Gasteiger partial charge in [-0.1, -0.05) is 0 Å². The monoisotopic (exact) mass is 215 g/mol. The predicted molar refractivity (Wildman–Crippen MR) is 48.1 cm³/mol. The Labute approximate surface area is 101 Å². The van der Waals surface area contributed by atoms with Gasteiger partial charge in [-0.25, -0.2) is 0 Å². The zero-order valence-corrected chi connectivity index (χ0v) is 7.29. The third-order valence-electron chi connectivity index (χ3n) is 0.864. The summed E-state index contributed by atoms with van der Waals surface area (Å²) >= 11 is 0. The van der Waals surface area contributed by atoms with Crippen molar-refractivity contribution >= 4 is 11.9 Å². The van der Waals surface area contributed by atoms with Crippen molar-refractivity contribution in [1.29, 1.82) is 0 Å². The van der Waals surface area contributed by atoms with E-state index in [2.05, 4.69) is 4.74 Å². The van der Waals surface area contributed by atoms with E-state index in [1.807, 2.05) is 0 Å². The summed E-state index contributed by atoms with van der Waals surface area (Å²) in [5, 5.41) is 10.9. The Morgan fingerprint density at radius 2 is 2.21 bits per heavy atom. The van der Waals surface area contributed by atoms with E-state index < -0.39 is 56.3 Å². The number of carbonyl (C=O) groups is 2. The highest BCUT2D eigenvalue weighted by Gasteiger charge is 2.20. The molecule has 0 aliphatic heterocycles. The van der Waals surface area contributed by atoms with Crippen LogP contribution in [0.15, 0.2) is 0 Å². The number of rotatable bonds is 5. The molecule has 5 nitrogen and oxygen atoms in total. The Balaban J connectivity index is 7.20. The average Bonchev–Trinajstić information content (AvgIpc) is 2.18. The van der Waals surface area contributed by atoms with Crippen LogP contribution in [0.25, 0.3) is 0 Å². The molecule has 0 aliphatic rings. The average molecular weight is 215 g/mol. The first-order chi connectivity index (χ1) is 11.1. The lowest BCUT2D eigenvalue weighted by Gasteiger charge is -2.28. The molecule has 0 rings (SSSR count). The zero-order valence-electron chi connectivity index (χ0n) is 19.3. The number of aliphatic carboxylic acids is 1. The third kappa shape index (κ3) is 7.54. The normalized spacial score (nSPS) is 32.1. The number of ether oxygens (including phenoxy) is 1. The van der Waals surface area contributed by atoms with E-state index >= 15 is 0 Å². The summed E-state index contributed by atoms with van der Waals surface area (Å²) in [6, 6.07) is 0. The Kier molecular flexibility index (Phi) is 1.13. The molecular weight excluding hydrogens is 186 g/mol. The zero-order chi connectivity index (χ0) is 21.6. The molecule has 82 valence electrons. The molecule has 14 heavy (non-hydrogen) atoms. The minimum absolute atomic E-state index is 0.614. The summed E-state index contributed by atoms with van der Waals surface area (Å²) in [5.74, 6) is -3.67. The maximum atomic E-state index is 11.2. The van der Waals surface area contributed by atoms with Crippen molar-refractivity contribution in [1.82, 2.24) is 0 Å². The molecule has 0 unspecified atom stereocenters. The molecule has 0 saturated carbocycles. The van der Waals surface area contributed by atoms with Crippen LogP contribution in [0.3, 0.4) is 0 Å². The molecule has 1 atom stereocenters. The summed E-state index contributed by atoms with van der Waals surface area (Å²) in [5.41, 5.74) is 0. The third-order valence-corrected chi connectivity index (χ3v) is 0.864. The van der Waals surface area contributed by atoms with Crippen molar-refractivity contribution in [3.8, 4) is 0 Å². The summed E-state index contributed by atoms with van der Waals surface area (Å²) in [6.45, 7) is -16.1. The number of hydrogen-bond acceptors (Lipinski definition) is 4. The van der Waals surface area contributed by atoms with Crippen LogP contribution in [0.2, 0.25) is 0 Å². The second-order valence-electron chi connectivity index (χ2n) is 2.35. The fraction of sp³-hybridized carbons (Fsp3) is 0.778. The van der Waals surface area contributed by atoms with Gasteiger partial charge in [-0.3, -0.25) is 4.79 Å². The first kappa shape index (κ1) is 3.20. The number of quaternary nitrogens is 1. The number of carboxylic acids is 1. The van der Waals surface area contributed by atoms with Gasteiger partial charge in [0, 0.05) is 19.3 Å². The largest absolute Gasteiger partial charge is 0.550 e. The highest BCUT2D eigenvalue weighted by molar-refractivity contribution is 5.68. The molecule has 0 fully saturated rings. The van der Waals surface area contributed by atoms with E-state index in [0.29, 0.717) is 6.92 Å². The van der Waals surface area contributed by atoms with Crippen molar-refractivity contribution < 1.29 is 40.4 Å². The van der Waals surface area contributed by atoms with Gasteiger partial charge in [0.1, 0.15) is 6.50 Å². The molecule has 0 amide bonds. The fourth-order valence-electron chi connectivity index (χ4n) is 0.590. The predicted octanol–water partition coefficient (Wildman–Crippen LogP) is -1.24. The van der Waals surface area contributed by atoms with Crippen molar-refractivity contribution in [3.63, 3.8) is 0 Å². The molecule has 0 bridgehead atoms. The van der Waals surface area contributed by atoms with Gasteiger partial charge in [-0.05, 0) is 0 Å². The van der Waals surface area contributed by atoms with E-state index in [0.717, 1.165) is 0 Å². The lowest BCUT2D eigenvalue weighted by atomic mass is 10.2. The van der Waals surface area contributed by atoms with Gasteiger partial charge in [0.2, 0.25) is 0 Å². The standard InChI is InChI=1S/C9H17NO4/c1-7(11)14-8(5-9(12)13)6-10(2,3)4/h8H,5-6H2,1-4H3/t8-/m1/s1/i2D3,3D3,4D3,6D2,8D. The molecular formula is C9H17NO4. The second kappa shape index (κ2) is 4.95. The van der Waals surface area contributed by atoms with Crippen molar-refractivity contribution in [2.24, 2.45) is 0 Å². The van der Waals surface area contributed by atoms with Gasteiger partial charge in [0.05, 0.1) is 37.4 Å². The fourth-order valence-corrected chi connectivity index (χ4v) is 0.590.